The number of nitrogens with two attached hydrogens (primary N) is 1. The van der Waals surface area contributed by atoms with Crippen molar-refractivity contribution < 1.29 is 0 Å². The normalized spacial score (nSPS) is 18.4. The Hall–Kier alpha value is -1.07. The maximum Gasteiger partial charge on any atom is 0.188 e. The van der Waals surface area contributed by atoms with E-state index in [2.05, 4.69) is 39.6 Å². The summed E-state index contributed by atoms with van der Waals surface area (Å²) >= 11 is 1.82. The summed E-state index contributed by atoms with van der Waals surface area (Å²) in [5.41, 5.74) is 5.94. The van der Waals surface area contributed by atoms with Gasteiger partial charge in [-0.15, -0.1) is 11.3 Å². The summed E-state index contributed by atoms with van der Waals surface area (Å²) in [6.07, 6.45) is 4.91. The van der Waals surface area contributed by atoms with Crippen molar-refractivity contribution >= 4 is 17.3 Å². The predicted molar refractivity (Wildman–Crippen MR) is 87.3 cm³/mol. The van der Waals surface area contributed by atoms with Crippen molar-refractivity contribution in [1.82, 2.24) is 10.2 Å². The summed E-state index contributed by atoms with van der Waals surface area (Å²) < 4.78 is 0. The van der Waals surface area contributed by atoms with Crippen molar-refractivity contribution in [2.75, 3.05) is 26.2 Å². The van der Waals surface area contributed by atoms with Crippen LogP contribution >= 0.6 is 11.3 Å². The summed E-state index contributed by atoms with van der Waals surface area (Å²) in [5.74, 6) is 0.583. The van der Waals surface area contributed by atoms with Crippen molar-refractivity contribution in [3.05, 3.63) is 22.4 Å². The molecule has 1 unspecified atom stereocenters. The lowest BCUT2D eigenvalue weighted by atomic mass is 10.2. The number of aliphatic imine (C=N–C) groups is 1. The number of thiophene rings is 1. The summed E-state index contributed by atoms with van der Waals surface area (Å²) in [5, 5.41) is 5.33. The molecule has 0 aliphatic carbocycles. The van der Waals surface area contributed by atoms with Crippen molar-refractivity contribution in [1.29, 1.82) is 0 Å². The van der Waals surface area contributed by atoms with Gasteiger partial charge in [0, 0.05) is 11.4 Å². The van der Waals surface area contributed by atoms with Crippen LogP contribution in [0, 0.1) is 0 Å². The Labute approximate surface area is 126 Å². The molecule has 0 aromatic carbocycles. The van der Waals surface area contributed by atoms with Gasteiger partial charge in [-0.05, 0) is 43.8 Å². The molecule has 1 atom stereocenters. The third-order valence-corrected chi connectivity index (χ3v) is 4.70. The van der Waals surface area contributed by atoms with Crippen molar-refractivity contribution in [2.45, 2.75) is 38.6 Å². The lowest BCUT2D eigenvalue weighted by molar-refractivity contribution is 0.255. The third kappa shape index (κ3) is 4.49. The number of guanidine groups is 1. The van der Waals surface area contributed by atoms with Gasteiger partial charge in [-0.25, -0.2) is 0 Å². The molecule has 4 nitrogen and oxygen atoms in total. The molecule has 20 heavy (non-hydrogen) atoms. The van der Waals surface area contributed by atoms with Crippen LogP contribution in [-0.2, 0) is 0 Å². The van der Waals surface area contributed by atoms with E-state index in [0.29, 0.717) is 12.0 Å². The SMILES string of the molecule is CCCCNC(N)=NCC(c1cccs1)N1CCCC1. The standard InChI is InChI=1S/C15H26N4S/c1-2-3-8-17-15(16)18-12-13(14-7-6-11-20-14)19-9-4-5-10-19/h6-7,11,13H,2-5,8-10,12H2,1H3,(H3,16,17,18). The monoisotopic (exact) mass is 294 g/mol. The molecule has 0 spiro atoms. The van der Waals surface area contributed by atoms with E-state index in [-0.39, 0.29) is 0 Å². The lowest BCUT2D eigenvalue weighted by Crippen LogP contribution is -2.34. The van der Waals surface area contributed by atoms with E-state index in [4.69, 9.17) is 5.73 Å². The van der Waals surface area contributed by atoms with Gasteiger partial charge in [-0.1, -0.05) is 19.4 Å². The molecule has 0 saturated carbocycles. The molecule has 1 aromatic heterocycles. The zero-order valence-corrected chi connectivity index (χ0v) is 13.2. The topological polar surface area (TPSA) is 53.6 Å². The van der Waals surface area contributed by atoms with Crippen LogP contribution in [0.25, 0.3) is 0 Å². The Morgan fingerprint density at radius 2 is 2.30 bits per heavy atom. The molecule has 1 saturated heterocycles. The number of likely N-dealkylation sites (tertiary alicyclic amines) is 1. The van der Waals surface area contributed by atoms with Gasteiger partial charge in [0.2, 0.25) is 0 Å². The van der Waals surface area contributed by atoms with Gasteiger partial charge in [0.15, 0.2) is 5.96 Å². The van der Waals surface area contributed by atoms with Gasteiger partial charge in [0.1, 0.15) is 0 Å². The highest BCUT2D eigenvalue weighted by Crippen LogP contribution is 2.28. The molecule has 112 valence electrons. The maximum atomic E-state index is 5.94. The minimum absolute atomic E-state index is 0.393. The van der Waals surface area contributed by atoms with Gasteiger partial charge >= 0.3 is 0 Å². The Bertz CT molecular complexity index is 396. The minimum atomic E-state index is 0.393. The van der Waals surface area contributed by atoms with Crippen LogP contribution in [0.1, 0.15) is 43.5 Å². The van der Waals surface area contributed by atoms with Gasteiger partial charge in [-0.3, -0.25) is 9.89 Å². The fourth-order valence-corrected chi connectivity index (χ4v) is 3.41. The molecule has 1 aromatic rings. The summed E-state index contributed by atoms with van der Waals surface area (Å²) in [7, 11) is 0. The molecule has 5 heteroatoms. The molecule has 0 bridgehead atoms. The summed E-state index contributed by atoms with van der Waals surface area (Å²) in [6.45, 7) is 6.21. The fraction of sp³-hybridized carbons (Fsp3) is 0.667. The van der Waals surface area contributed by atoms with Gasteiger partial charge in [0.05, 0.1) is 12.6 Å². The van der Waals surface area contributed by atoms with Gasteiger partial charge < -0.3 is 11.1 Å². The summed E-state index contributed by atoms with van der Waals surface area (Å²) in [6, 6.07) is 4.73. The second kappa shape index (κ2) is 8.27. The molecule has 2 heterocycles. The second-order valence-corrected chi connectivity index (χ2v) is 6.26. The number of unbranched alkanes of at least 4 members (excludes halogenated alkanes) is 1. The molecule has 2 rings (SSSR count). The van der Waals surface area contributed by atoms with Crippen LogP contribution in [-0.4, -0.2) is 37.0 Å². The van der Waals surface area contributed by atoms with Crippen LogP contribution in [0.2, 0.25) is 0 Å². The van der Waals surface area contributed by atoms with E-state index in [9.17, 15) is 0 Å². The first-order valence-electron chi connectivity index (χ1n) is 7.62. The smallest absolute Gasteiger partial charge is 0.188 e. The number of nitrogens with one attached hydrogen (secondary N) is 1. The van der Waals surface area contributed by atoms with E-state index in [1.54, 1.807) is 0 Å². The predicted octanol–water partition coefficient (Wildman–Crippen LogP) is 2.59. The van der Waals surface area contributed by atoms with Crippen LogP contribution in [0.4, 0.5) is 0 Å². The number of nitrogens with zero attached hydrogens (tertiary/aromatic N) is 2. The van der Waals surface area contributed by atoms with E-state index in [0.717, 1.165) is 19.5 Å². The molecular weight excluding hydrogens is 268 g/mol. The number of hydrogen-bond donors (Lipinski definition) is 2. The van der Waals surface area contributed by atoms with Crippen LogP contribution in [0.15, 0.2) is 22.5 Å². The molecule has 0 radical (unpaired) electrons. The van der Waals surface area contributed by atoms with Crippen molar-refractivity contribution in [3.8, 4) is 0 Å². The quantitative estimate of drug-likeness (QED) is 0.462. The average Bonchev–Trinajstić information content (AvgIpc) is 3.12. The Morgan fingerprint density at radius 3 is 2.95 bits per heavy atom. The number of hydrogen-bond acceptors (Lipinski definition) is 3. The molecule has 1 fully saturated rings. The molecule has 1 aliphatic heterocycles. The van der Waals surface area contributed by atoms with Gasteiger partial charge in [-0.2, -0.15) is 0 Å². The first-order chi connectivity index (χ1) is 9.81. The highest BCUT2D eigenvalue weighted by Gasteiger charge is 2.23. The second-order valence-electron chi connectivity index (χ2n) is 5.28. The third-order valence-electron chi connectivity index (χ3n) is 3.72. The van der Waals surface area contributed by atoms with E-state index in [1.165, 1.54) is 37.2 Å². The first-order valence-corrected chi connectivity index (χ1v) is 8.50. The Morgan fingerprint density at radius 1 is 1.50 bits per heavy atom. The molecular formula is C15H26N4S. The zero-order valence-electron chi connectivity index (χ0n) is 12.3. The maximum absolute atomic E-state index is 5.94. The van der Waals surface area contributed by atoms with Gasteiger partial charge in [0.25, 0.3) is 0 Å². The minimum Gasteiger partial charge on any atom is -0.370 e. The van der Waals surface area contributed by atoms with E-state index in [1.807, 2.05) is 11.3 Å². The van der Waals surface area contributed by atoms with E-state index >= 15 is 0 Å². The van der Waals surface area contributed by atoms with Crippen molar-refractivity contribution in [2.24, 2.45) is 10.7 Å². The average molecular weight is 294 g/mol. The summed E-state index contributed by atoms with van der Waals surface area (Å²) in [4.78, 5) is 8.48. The highest BCUT2D eigenvalue weighted by atomic mass is 32.1. The first kappa shape index (κ1) is 15.3. The number of rotatable bonds is 7. The fourth-order valence-electron chi connectivity index (χ4n) is 2.55. The largest absolute Gasteiger partial charge is 0.370 e. The van der Waals surface area contributed by atoms with E-state index < -0.39 is 0 Å². The zero-order chi connectivity index (χ0) is 14.2. The lowest BCUT2D eigenvalue weighted by Gasteiger charge is -2.25. The molecule has 3 N–H and O–H groups in total. The Balaban J connectivity index is 1.92. The molecule has 1 aliphatic rings. The van der Waals surface area contributed by atoms with Crippen LogP contribution in [0.5, 0.6) is 0 Å². The van der Waals surface area contributed by atoms with Crippen molar-refractivity contribution in [3.63, 3.8) is 0 Å². The molecule has 0 amide bonds. The Kier molecular flexibility index (Phi) is 6.33. The highest BCUT2D eigenvalue weighted by molar-refractivity contribution is 7.10. The van der Waals surface area contributed by atoms with Crippen LogP contribution < -0.4 is 11.1 Å². The van der Waals surface area contributed by atoms with Crippen LogP contribution in [0.3, 0.4) is 0 Å².